The molecular formula is C22H20N4O4S. The van der Waals surface area contributed by atoms with Gasteiger partial charge in [0.15, 0.2) is 0 Å². The number of anilines is 1. The van der Waals surface area contributed by atoms with Crippen LogP contribution in [0.1, 0.15) is 12.0 Å². The van der Waals surface area contributed by atoms with E-state index in [0.29, 0.717) is 29.5 Å². The summed E-state index contributed by atoms with van der Waals surface area (Å²) in [6, 6.07) is 11.6. The predicted molar refractivity (Wildman–Crippen MR) is 117 cm³/mol. The van der Waals surface area contributed by atoms with Crippen molar-refractivity contribution in [2.45, 2.75) is 24.0 Å². The first-order valence-electron chi connectivity index (χ1n) is 9.51. The molecule has 2 aromatic carbocycles. The maximum absolute atomic E-state index is 11.8. The molecule has 8 nitrogen and oxygen atoms in total. The fourth-order valence-electron chi connectivity index (χ4n) is 3.26. The van der Waals surface area contributed by atoms with E-state index in [4.69, 9.17) is 10.5 Å². The molecule has 158 valence electrons. The van der Waals surface area contributed by atoms with Gasteiger partial charge in [-0.05, 0) is 36.3 Å². The van der Waals surface area contributed by atoms with Crippen LogP contribution in [0.3, 0.4) is 0 Å². The Kier molecular flexibility index (Phi) is 5.90. The van der Waals surface area contributed by atoms with E-state index in [1.54, 1.807) is 42.7 Å². The summed E-state index contributed by atoms with van der Waals surface area (Å²) in [5, 5.41) is 9.14. The number of benzene rings is 2. The highest BCUT2D eigenvalue weighted by Gasteiger charge is 2.18. The standard InChI is InChI=1S/C22H20N4O4S/c23-22-19-9-2-1-8-18(19)21(31(27,28)29)12-20(22)26-25-16-6-3-7-17(11-16)30-14-15-5-4-10-24-13-15/h1-6,8-13,17H,7,14,23H2,(H,27,28,29)/b26-25+. The average Bonchev–Trinajstić information content (AvgIpc) is 2.77. The summed E-state index contributed by atoms with van der Waals surface area (Å²) in [5.41, 5.74) is 8.14. The first-order valence-corrected chi connectivity index (χ1v) is 10.9. The lowest BCUT2D eigenvalue weighted by atomic mass is 10.1. The number of ether oxygens (including phenoxy) is 1. The van der Waals surface area contributed by atoms with Crippen molar-refractivity contribution >= 4 is 32.3 Å². The van der Waals surface area contributed by atoms with Crippen LogP contribution in [0.4, 0.5) is 11.4 Å². The molecule has 0 fully saturated rings. The van der Waals surface area contributed by atoms with Crippen molar-refractivity contribution in [1.29, 1.82) is 0 Å². The molecule has 0 amide bonds. The third kappa shape index (κ3) is 4.85. The van der Waals surface area contributed by atoms with E-state index >= 15 is 0 Å². The smallest absolute Gasteiger partial charge is 0.295 e. The largest absolute Gasteiger partial charge is 0.396 e. The number of nitrogen functional groups attached to an aromatic ring is 1. The molecule has 1 aliphatic carbocycles. The monoisotopic (exact) mass is 436 g/mol. The minimum Gasteiger partial charge on any atom is -0.396 e. The van der Waals surface area contributed by atoms with Crippen molar-refractivity contribution in [3.8, 4) is 0 Å². The van der Waals surface area contributed by atoms with Gasteiger partial charge in [0, 0.05) is 23.2 Å². The summed E-state index contributed by atoms with van der Waals surface area (Å²) in [6.45, 7) is 0.419. The minimum atomic E-state index is -4.47. The van der Waals surface area contributed by atoms with Gasteiger partial charge >= 0.3 is 0 Å². The maximum Gasteiger partial charge on any atom is 0.295 e. The van der Waals surface area contributed by atoms with Crippen molar-refractivity contribution in [3.63, 3.8) is 0 Å². The lowest BCUT2D eigenvalue weighted by Gasteiger charge is -2.15. The summed E-state index contributed by atoms with van der Waals surface area (Å²) in [7, 11) is -4.47. The van der Waals surface area contributed by atoms with Crippen LogP contribution in [0.2, 0.25) is 0 Å². The van der Waals surface area contributed by atoms with Gasteiger partial charge in [-0.1, -0.05) is 36.4 Å². The zero-order chi connectivity index (χ0) is 21.8. The molecule has 3 N–H and O–H groups in total. The zero-order valence-corrected chi connectivity index (χ0v) is 17.2. The molecular weight excluding hydrogens is 416 g/mol. The Morgan fingerprint density at radius 1 is 1.16 bits per heavy atom. The summed E-state index contributed by atoms with van der Waals surface area (Å²) in [6.07, 6.45) is 9.53. The van der Waals surface area contributed by atoms with Crippen molar-refractivity contribution in [2.75, 3.05) is 5.73 Å². The Morgan fingerprint density at radius 2 is 1.97 bits per heavy atom. The summed E-state index contributed by atoms with van der Waals surface area (Å²) in [5.74, 6) is 0. The molecule has 0 aliphatic heterocycles. The van der Waals surface area contributed by atoms with Gasteiger partial charge in [-0.2, -0.15) is 13.5 Å². The highest BCUT2D eigenvalue weighted by molar-refractivity contribution is 7.86. The van der Waals surface area contributed by atoms with Crippen LogP contribution in [0, 0.1) is 0 Å². The molecule has 1 heterocycles. The molecule has 3 aromatic rings. The molecule has 0 saturated heterocycles. The number of hydrogen-bond donors (Lipinski definition) is 2. The van der Waals surface area contributed by atoms with E-state index in [9.17, 15) is 13.0 Å². The SMILES string of the molecule is Nc1c(/N=N/C2=CC(OCc3cccnc3)CC=C2)cc(S(=O)(=O)O)c2ccccc12. The maximum atomic E-state index is 11.8. The number of azo groups is 1. The van der Waals surface area contributed by atoms with Gasteiger partial charge in [-0.25, -0.2) is 0 Å². The third-order valence-corrected chi connectivity index (χ3v) is 5.67. The molecule has 1 aliphatic rings. The Bertz CT molecular complexity index is 1300. The fraction of sp³-hybridized carbons (Fsp3) is 0.136. The van der Waals surface area contributed by atoms with Gasteiger partial charge in [0.2, 0.25) is 0 Å². The van der Waals surface area contributed by atoms with Crippen LogP contribution < -0.4 is 5.73 Å². The van der Waals surface area contributed by atoms with Crippen molar-refractivity contribution < 1.29 is 17.7 Å². The van der Waals surface area contributed by atoms with Gasteiger partial charge in [0.1, 0.15) is 10.6 Å². The number of rotatable bonds is 6. The number of pyridine rings is 1. The Hall–Kier alpha value is -3.40. The van der Waals surface area contributed by atoms with Crippen molar-refractivity contribution in [1.82, 2.24) is 4.98 Å². The molecule has 1 aromatic heterocycles. The summed E-state index contributed by atoms with van der Waals surface area (Å²) < 4.78 is 39.2. The van der Waals surface area contributed by atoms with E-state index in [1.807, 2.05) is 24.3 Å². The minimum absolute atomic E-state index is 0.152. The third-order valence-electron chi connectivity index (χ3n) is 4.78. The fourth-order valence-corrected chi connectivity index (χ4v) is 3.98. The number of nitrogens with two attached hydrogens (primary N) is 1. The van der Waals surface area contributed by atoms with Gasteiger partial charge < -0.3 is 10.5 Å². The summed E-state index contributed by atoms with van der Waals surface area (Å²) in [4.78, 5) is 3.80. The molecule has 0 radical (unpaired) electrons. The van der Waals surface area contributed by atoms with Crippen LogP contribution in [-0.2, 0) is 21.5 Å². The number of nitrogens with zero attached hydrogens (tertiary/aromatic N) is 3. The van der Waals surface area contributed by atoms with Gasteiger partial charge in [0.05, 0.1) is 24.1 Å². The number of hydrogen-bond acceptors (Lipinski definition) is 7. The molecule has 31 heavy (non-hydrogen) atoms. The molecule has 0 saturated carbocycles. The lowest BCUT2D eigenvalue weighted by Crippen LogP contribution is -2.11. The first kappa shape index (κ1) is 20.9. The number of allylic oxidation sites excluding steroid dienone is 1. The van der Waals surface area contributed by atoms with E-state index in [0.717, 1.165) is 5.56 Å². The van der Waals surface area contributed by atoms with Crippen LogP contribution in [-0.4, -0.2) is 24.1 Å². The molecule has 1 unspecified atom stereocenters. The molecule has 4 rings (SSSR count). The quantitative estimate of drug-likeness (QED) is 0.331. The molecule has 1 atom stereocenters. The van der Waals surface area contributed by atoms with Crippen LogP contribution in [0.5, 0.6) is 0 Å². The normalized spacial score (nSPS) is 16.7. The van der Waals surface area contributed by atoms with Gasteiger partial charge in [-0.15, -0.1) is 5.11 Å². The van der Waals surface area contributed by atoms with E-state index in [1.165, 1.54) is 6.07 Å². The highest BCUT2D eigenvalue weighted by Crippen LogP contribution is 2.36. The van der Waals surface area contributed by atoms with Gasteiger partial charge in [0.25, 0.3) is 10.1 Å². The Labute approximate surface area is 179 Å². The number of aromatic nitrogens is 1. The van der Waals surface area contributed by atoms with Crippen molar-refractivity contribution in [3.05, 3.63) is 84.3 Å². The first-order chi connectivity index (χ1) is 14.9. The second kappa shape index (κ2) is 8.76. The van der Waals surface area contributed by atoms with E-state index in [-0.39, 0.29) is 22.4 Å². The Balaban J connectivity index is 1.59. The zero-order valence-electron chi connectivity index (χ0n) is 16.4. The van der Waals surface area contributed by atoms with Crippen molar-refractivity contribution in [2.24, 2.45) is 10.2 Å². The van der Waals surface area contributed by atoms with Gasteiger partial charge in [-0.3, -0.25) is 9.54 Å². The predicted octanol–water partition coefficient (Wildman–Crippen LogP) is 4.58. The topological polar surface area (TPSA) is 127 Å². The molecule has 9 heteroatoms. The van der Waals surface area contributed by atoms with E-state index in [2.05, 4.69) is 15.2 Å². The molecule has 0 bridgehead atoms. The average molecular weight is 436 g/mol. The van der Waals surface area contributed by atoms with Crippen LogP contribution in [0.15, 0.2) is 93.9 Å². The van der Waals surface area contributed by atoms with Crippen LogP contribution >= 0.6 is 0 Å². The van der Waals surface area contributed by atoms with Crippen LogP contribution in [0.25, 0.3) is 10.8 Å². The number of fused-ring (bicyclic) bond motifs is 1. The Morgan fingerprint density at radius 3 is 2.71 bits per heavy atom. The summed E-state index contributed by atoms with van der Waals surface area (Å²) >= 11 is 0. The highest BCUT2D eigenvalue weighted by atomic mass is 32.2. The second-order valence-corrected chi connectivity index (χ2v) is 8.36. The second-order valence-electron chi connectivity index (χ2n) is 6.97. The van der Waals surface area contributed by atoms with E-state index < -0.39 is 10.1 Å². The molecule has 0 spiro atoms. The lowest BCUT2D eigenvalue weighted by molar-refractivity contribution is 0.0725.